The van der Waals surface area contributed by atoms with E-state index in [-0.39, 0.29) is 5.88 Å². The highest BCUT2D eigenvalue weighted by Gasteiger charge is 2.06. The van der Waals surface area contributed by atoms with E-state index in [1.807, 2.05) is 24.3 Å². The van der Waals surface area contributed by atoms with Crippen LogP contribution in [0.25, 0.3) is 0 Å². The van der Waals surface area contributed by atoms with Gasteiger partial charge in [0, 0.05) is 10.0 Å². The van der Waals surface area contributed by atoms with Crippen LogP contribution in [0.3, 0.4) is 0 Å². The van der Waals surface area contributed by atoms with E-state index in [0.29, 0.717) is 18.1 Å². The molecule has 5 heteroatoms. The molecule has 94 valence electrons. The van der Waals surface area contributed by atoms with Crippen molar-refractivity contribution < 1.29 is 9.13 Å². The Morgan fingerprint density at radius 2 is 2.00 bits per heavy atom. The molecule has 1 heterocycles. The molecular formula is C13H10BrClFNO. The van der Waals surface area contributed by atoms with Crippen LogP contribution in [0.15, 0.2) is 41.0 Å². The summed E-state index contributed by atoms with van der Waals surface area (Å²) in [5, 5.41) is 0. The first-order chi connectivity index (χ1) is 8.69. The summed E-state index contributed by atoms with van der Waals surface area (Å²) in [5.74, 6) is 0.122. The van der Waals surface area contributed by atoms with Gasteiger partial charge < -0.3 is 4.74 Å². The standard InChI is InChI=1S/C13H10BrClFNO/c14-11-3-1-9(2-4-11)8-18-13-10(6-15)5-12(16)7-17-13/h1-5,7H,6,8H2. The minimum atomic E-state index is -0.415. The van der Waals surface area contributed by atoms with E-state index in [1.54, 1.807) is 0 Å². The zero-order valence-corrected chi connectivity index (χ0v) is 11.7. The molecule has 18 heavy (non-hydrogen) atoms. The molecule has 2 nitrogen and oxygen atoms in total. The van der Waals surface area contributed by atoms with Crippen LogP contribution >= 0.6 is 27.5 Å². The fraction of sp³-hybridized carbons (Fsp3) is 0.154. The molecule has 2 aromatic rings. The third kappa shape index (κ3) is 3.43. The summed E-state index contributed by atoms with van der Waals surface area (Å²) < 4.78 is 19.5. The van der Waals surface area contributed by atoms with Gasteiger partial charge in [0.2, 0.25) is 5.88 Å². The molecule has 0 radical (unpaired) electrons. The highest BCUT2D eigenvalue weighted by molar-refractivity contribution is 9.10. The number of aromatic nitrogens is 1. The summed E-state index contributed by atoms with van der Waals surface area (Å²) in [7, 11) is 0. The Hall–Kier alpha value is -1.13. The number of benzene rings is 1. The molecule has 2 rings (SSSR count). The molecule has 1 aromatic carbocycles. The smallest absolute Gasteiger partial charge is 0.218 e. The van der Waals surface area contributed by atoms with Gasteiger partial charge in [0.25, 0.3) is 0 Å². The topological polar surface area (TPSA) is 22.1 Å². The van der Waals surface area contributed by atoms with Crippen molar-refractivity contribution in [1.82, 2.24) is 4.98 Å². The van der Waals surface area contributed by atoms with E-state index >= 15 is 0 Å². The van der Waals surface area contributed by atoms with Crippen molar-refractivity contribution in [3.8, 4) is 5.88 Å². The Morgan fingerprint density at radius 3 is 2.67 bits per heavy atom. The second-order valence-electron chi connectivity index (χ2n) is 3.67. The van der Waals surface area contributed by atoms with Crippen LogP contribution in [-0.4, -0.2) is 4.98 Å². The Bertz CT molecular complexity index is 533. The Morgan fingerprint density at radius 1 is 1.28 bits per heavy atom. The quantitative estimate of drug-likeness (QED) is 0.780. The lowest BCUT2D eigenvalue weighted by Gasteiger charge is -2.08. The van der Waals surface area contributed by atoms with E-state index in [1.165, 1.54) is 6.07 Å². The molecule has 0 amide bonds. The monoisotopic (exact) mass is 329 g/mol. The van der Waals surface area contributed by atoms with Crippen molar-refractivity contribution in [2.75, 3.05) is 0 Å². The van der Waals surface area contributed by atoms with Gasteiger partial charge in [0.05, 0.1) is 12.1 Å². The number of pyridine rings is 1. The Labute approximate surface area is 118 Å². The molecule has 0 unspecified atom stereocenters. The van der Waals surface area contributed by atoms with Gasteiger partial charge in [-0.25, -0.2) is 9.37 Å². The highest BCUT2D eigenvalue weighted by Crippen LogP contribution is 2.20. The minimum Gasteiger partial charge on any atom is -0.473 e. The molecule has 0 bridgehead atoms. The third-order valence-electron chi connectivity index (χ3n) is 2.32. The fourth-order valence-corrected chi connectivity index (χ4v) is 1.88. The summed E-state index contributed by atoms with van der Waals surface area (Å²) in [6.07, 6.45) is 1.12. The first-order valence-corrected chi connectivity index (χ1v) is 6.59. The van der Waals surface area contributed by atoms with Crippen LogP contribution in [-0.2, 0) is 12.5 Å². The van der Waals surface area contributed by atoms with E-state index in [0.717, 1.165) is 16.2 Å². The average Bonchev–Trinajstić information content (AvgIpc) is 2.39. The van der Waals surface area contributed by atoms with Gasteiger partial charge in [-0.2, -0.15) is 0 Å². The van der Waals surface area contributed by atoms with Crippen LogP contribution in [0, 0.1) is 5.82 Å². The molecule has 0 saturated carbocycles. The third-order valence-corrected chi connectivity index (χ3v) is 3.14. The van der Waals surface area contributed by atoms with Gasteiger partial charge >= 0.3 is 0 Å². The van der Waals surface area contributed by atoms with Crippen molar-refractivity contribution in [3.05, 3.63) is 57.9 Å². The second-order valence-corrected chi connectivity index (χ2v) is 4.85. The molecule has 0 aliphatic heterocycles. The normalized spacial score (nSPS) is 10.4. The van der Waals surface area contributed by atoms with Gasteiger partial charge in [-0.1, -0.05) is 28.1 Å². The van der Waals surface area contributed by atoms with Crippen molar-refractivity contribution in [1.29, 1.82) is 0 Å². The number of nitrogens with zero attached hydrogens (tertiary/aromatic N) is 1. The first-order valence-electron chi connectivity index (χ1n) is 5.26. The number of halogens is 3. The summed E-state index contributed by atoms with van der Waals surface area (Å²) in [6, 6.07) is 9.07. The van der Waals surface area contributed by atoms with Crippen molar-refractivity contribution in [2.45, 2.75) is 12.5 Å². The number of rotatable bonds is 4. The molecule has 0 spiro atoms. The highest BCUT2D eigenvalue weighted by atomic mass is 79.9. The van der Waals surface area contributed by atoms with E-state index in [9.17, 15) is 4.39 Å². The van der Waals surface area contributed by atoms with Gasteiger partial charge in [0.1, 0.15) is 12.4 Å². The lowest BCUT2D eigenvalue weighted by molar-refractivity contribution is 0.290. The average molecular weight is 331 g/mol. The van der Waals surface area contributed by atoms with E-state index in [2.05, 4.69) is 20.9 Å². The largest absolute Gasteiger partial charge is 0.473 e. The van der Waals surface area contributed by atoms with Crippen molar-refractivity contribution in [2.24, 2.45) is 0 Å². The summed E-state index contributed by atoms with van der Waals surface area (Å²) in [4.78, 5) is 3.89. The number of hydrogen-bond donors (Lipinski definition) is 0. The number of ether oxygens (including phenoxy) is 1. The van der Waals surface area contributed by atoms with Crippen LogP contribution in [0.4, 0.5) is 4.39 Å². The van der Waals surface area contributed by atoms with Gasteiger partial charge in [-0.3, -0.25) is 0 Å². The molecule has 0 aliphatic rings. The van der Waals surface area contributed by atoms with Gasteiger partial charge in [0.15, 0.2) is 0 Å². The minimum absolute atomic E-state index is 0.167. The SMILES string of the molecule is Fc1cnc(OCc2ccc(Br)cc2)c(CCl)c1. The maximum absolute atomic E-state index is 13.0. The van der Waals surface area contributed by atoms with Crippen molar-refractivity contribution in [3.63, 3.8) is 0 Å². The predicted octanol–water partition coefficient (Wildman–Crippen LogP) is 4.30. The van der Waals surface area contributed by atoms with Gasteiger partial charge in [-0.05, 0) is 23.8 Å². The maximum Gasteiger partial charge on any atom is 0.218 e. The van der Waals surface area contributed by atoms with Crippen LogP contribution in [0.1, 0.15) is 11.1 Å². The maximum atomic E-state index is 13.0. The molecular weight excluding hydrogens is 321 g/mol. The zero-order valence-electron chi connectivity index (χ0n) is 9.37. The molecule has 0 aliphatic carbocycles. The van der Waals surface area contributed by atoms with Gasteiger partial charge in [-0.15, -0.1) is 11.6 Å². The van der Waals surface area contributed by atoms with E-state index in [4.69, 9.17) is 16.3 Å². The van der Waals surface area contributed by atoms with E-state index < -0.39 is 5.82 Å². The first kappa shape index (κ1) is 13.3. The molecule has 0 fully saturated rings. The molecule has 0 N–H and O–H groups in total. The summed E-state index contributed by atoms with van der Waals surface area (Å²) >= 11 is 9.07. The molecule has 1 aromatic heterocycles. The lowest BCUT2D eigenvalue weighted by Crippen LogP contribution is -2.00. The van der Waals surface area contributed by atoms with Crippen LogP contribution in [0.2, 0.25) is 0 Å². The lowest BCUT2D eigenvalue weighted by atomic mass is 10.2. The Kier molecular flexibility index (Phi) is 4.55. The summed E-state index contributed by atoms with van der Waals surface area (Å²) in [6.45, 7) is 0.371. The predicted molar refractivity (Wildman–Crippen MR) is 72.2 cm³/mol. The number of hydrogen-bond acceptors (Lipinski definition) is 2. The summed E-state index contributed by atoms with van der Waals surface area (Å²) in [5.41, 5.74) is 1.55. The molecule has 0 atom stereocenters. The second kappa shape index (κ2) is 6.16. The van der Waals surface area contributed by atoms with Crippen LogP contribution in [0.5, 0.6) is 5.88 Å². The zero-order chi connectivity index (χ0) is 13.0. The molecule has 0 saturated heterocycles. The number of alkyl halides is 1. The van der Waals surface area contributed by atoms with Crippen LogP contribution < -0.4 is 4.74 Å². The fourth-order valence-electron chi connectivity index (χ4n) is 1.43. The van der Waals surface area contributed by atoms with Crippen molar-refractivity contribution >= 4 is 27.5 Å². The Balaban J connectivity index is 2.08.